The summed E-state index contributed by atoms with van der Waals surface area (Å²) in [6.45, 7) is 0. The van der Waals surface area contributed by atoms with E-state index in [2.05, 4.69) is 42.5 Å². The smallest absolute Gasteiger partial charge is 0.136 e. The molecule has 148 valence electrons. The van der Waals surface area contributed by atoms with Crippen LogP contribution >= 0.6 is 11.6 Å². The molecule has 30 heavy (non-hydrogen) atoms. The summed E-state index contributed by atoms with van der Waals surface area (Å²) >= 11 is 6.56. The molecule has 1 spiro atoms. The van der Waals surface area contributed by atoms with E-state index < -0.39 is 0 Å². The molecule has 4 saturated carbocycles. The number of rotatable bonds is 2. The van der Waals surface area contributed by atoms with Gasteiger partial charge in [-0.3, -0.25) is 0 Å². The average molecular weight is 411 g/mol. The maximum absolute atomic E-state index is 6.56. The van der Waals surface area contributed by atoms with E-state index in [9.17, 15) is 0 Å². The van der Waals surface area contributed by atoms with Gasteiger partial charge < -0.3 is 4.42 Å². The molecule has 0 aliphatic heterocycles. The summed E-state index contributed by atoms with van der Waals surface area (Å²) in [5, 5.41) is 2.92. The zero-order valence-electron chi connectivity index (χ0n) is 16.8. The third kappa shape index (κ3) is 1.65. The Morgan fingerprint density at radius 2 is 1.77 bits per heavy atom. The van der Waals surface area contributed by atoms with E-state index in [4.69, 9.17) is 16.0 Å². The second-order valence-corrected chi connectivity index (χ2v) is 10.8. The molecule has 0 amide bonds. The van der Waals surface area contributed by atoms with Crippen molar-refractivity contribution in [1.29, 1.82) is 0 Å². The van der Waals surface area contributed by atoms with Crippen molar-refractivity contribution in [3.8, 4) is 11.1 Å². The van der Waals surface area contributed by atoms with Crippen molar-refractivity contribution in [3.05, 3.63) is 71.2 Å². The summed E-state index contributed by atoms with van der Waals surface area (Å²) in [4.78, 5) is 0. The first-order valence-electron chi connectivity index (χ1n) is 11.4. The zero-order chi connectivity index (χ0) is 19.7. The van der Waals surface area contributed by atoms with E-state index in [0.29, 0.717) is 10.8 Å². The molecule has 3 aromatic carbocycles. The highest BCUT2D eigenvalue weighted by Crippen LogP contribution is 2.86. The first-order chi connectivity index (χ1) is 14.7. The Labute approximate surface area is 181 Å². The van der Waals surface area contributed by atoms with Crippen molar-refractivity contribution >= 4 is 33.5 Å². The van der Waals surface area contributed by atoms with Gasteiger partial charge in [-0.15, -0.1) is 0 Å². The third-order valence-corrected chi connectivity index (χ3v) is 9.91. The number of hydrogen-bond donors (Lipinski definition) is 0. The molecule has 0 N–H and O–H groups in total. The first kappa shape index (κ1) is 16.4. The van der Waals surface area contributed by atoms with E-state index in [0.717, 1.165) is 44.7 Å². The van der Waals surface area contributed by atoms with Gasteiger partial charge in [-0.05, 0) is 96.2 Å². The van der Waals surface area contributed by atoms with E-state index in [1.807, 2.05) is 18.2 Å². The molecule has 4 aromatic rings. The topological polar surface area (TPSA) is 13.1 Å². The Hall–Kier alpha value is -2.25. The van der Waals surface area contributed by atoms with Gasteiger partial charge in [0.15, 0.2) is 0 Å². The number of halogens is 1. The Kier molecular flexibility index (Phi) is 2.82. The fraction of sp³-hybridized carbons (Fsp3) is 0.357. The minimum atomic E-state index is 0.436. The van der Waals surface area contributed by atoms with Gasteiger partial charge in [0, 0.05) is 16.2 Å². The predicted molar refractivity (Wildman–Crippen MR) is 122 cm³/mol. The number of fused-ring (bicyclic) bond motifs is 4. The van der Waals surface area contributed by atoms with Crippen LogP contribution in [0.25, 0.3) is 33.1 Å². The number of hydrogen-bond acceptors (Lipinski definition) is 1. The van der Waals surface area contributed by atoms with Gasteiger partial charge in [-0.25, -0.2) is 0 Å². The molecule has 1 aromatic heterocycles. The first-order valence-corrected chi connectivity index (χ1v) is 11.8. The highest BCUT2D eigenvalue weighted by molar-refractivity contribution is 6.37. The van der Waals surface area contributed by atoms with E-state index >= 15 is 0 Å². The molecule has 4 aliphatic rings. The molecule has 0 saturated heterocycles. The molecule has 2 heteroatoms. The minimum Gasteiger partial charge on any atom is -0.456 e. The van der Waals surface area contributed by atoms with Crippen molar-refractivity contribution in [2.24, 2.45) is 23.2 Å². The lowest BCUT2D eigenvalue weighted by Gasteiger charge is -2.73. The molecule has 4 aliphatic carbocycles. The molecule has 5 atom stereocenters. The van der Waals surface area contributed by atoms with E-state index in [1.165, 1.54) is 43.2 Å². The van der Waals surface area contributed by atoms with Gasteiger partial charge in [0.05, 0.1) is 5.02 Å². The van der Waals surface area contributed by atoms with Crippen molar-refractivity contribution in [3.63, 3.8) is 0 Å². The quantitative estimate of drug-likeness (QED) is 0.326. The Bertz CT molecular complexity index is 1380. The van der Waals surface area contributed by atoms with Crippen molar-refractivity contribution < 1.29 is 4.42 Å². The molecule has 5 unspecified atom stereocenters. The summed E-state index contributed by atoms with van der Waals surface area (Å²) in [6, 6.07) is 21.9. The van der Waals surface area contributed by atoms with Gasteiger partial charge in [0.1, 0.15) is 11.2 Å². The third-order valence-electron chi connectivity index (χ3n) is 9.59. The van der Waals surface area contributed by atoms with Crippen LogP contribution in [0.15, 0.2) is 65.1 Å². The largest absolute Gasteiger partial charge is 0.456 e. The second-order valence-electron chi connectivity index (χ2n) is 10.4. The summed E-state index contributed by atoms with van der Waals surface area (Å²) in [5.74, 6) is 2.97. The zero-order valence-corrected chi connectivity index (χ0v) is 17.6. The number of benzene rings is 3. The van der Waals surface area contributed by atoms with E-state index in [1.54, 1.807) is 5.56 Å². The van der Waals surface area contributed by atoms with Gasteiger partial charge in [0.25, 0.3) is 0 Å². The van der Waals surface area contributed by atoms with Crippen LogP contribution in [0.1, 0.15) is 37.7 Å². The maximum atomic E-state index is 6.56. The predicted octanol–water partition coefficient (Wildman–Crippen LogP) is 7.98. The van der Waals surface area contributed by atoms with Crippen LogP contribution in [-0.2, 0) is 5.41 Å². The summed E-state index contributed by atoms with van der Waals surface area (Å²) in [6.07, 6.45) is 7.34. The highest BCUT2D eigenvalue weighted by Gasteiger charge is 2.80. The Morgan fingerprint density at radius 3 is 2.67 bits per heavy atom. The average Bonchev–Trinajstić information content (AvgIpc) is 3.38. The minimum absolute atomic E-state index is 0.436. The molecule has 2 bridgehead atoms. The summed E-state index contributed by atoms with van der Waals surface area (Å²) in [7, 11) is 0. The standard InChI is InChI=1S/C28H23ClO/c29-23-6-3-7-25-26(23)21-11-17(8-9-24(21)30-25)20-4-1-2-5-22(20)27-13-16-10-18-12-19(15-27)28(18,27)14-16/h1-9,11,16,18-19H,10,12-15H2. The van der Waals surface area contributed by atoms with Crippen LogP contribution in [-0.4, -0.2) is 0 Å². The van der Waals surface area contributed by atoms with Crippen molar-refractivity contribution in [2.45, 2.75) is 37.5 Å². The lowest BCUT2D eigenvalue weighted by molar-refractivity contribution is -0.198. The molecular weight excluding hydrogens is 388 g/mol. The molecular formula is C28H23ClO. The molecule has 1 nitrogen and oxygen atoms in total. The van der Waals surface area contributed by atoms with Gasteiger partial charge in [-0.2, -0.15) is 0 Å². The Morgan fingerprint density at radius 1 is 0.833 bits per heavy atom. The van der Waals surface area contributed by atoms with Crippen LogP contribution in [0.5, 0.6) is 0 Å². The molecule has 1 heterocycles. The SMILES string of the molecule is Clc1cccc2oc3ccc(-c4ccccc4C45CC6CC7CC(C4)C75C6)cc3c12. The van der Waals surface area contributed by atoms with Crippen LogP contribution in [0.3, 0.4) is 0 Å². The summed E-state index contributed by atoms with van der Waals surface area (Å²) in [5.41, 5.74) is 7.20. The van der Waals surface area contributed by atoms with Gasteiger partial charge in [-0.1, -0.05) is 48.0 Å². The lowest BCUT2D eigenvalue weighted by atomic mass is 9.30. The highest BCUT2D eigenvalue weighted by atomic mass is 35.5. The van der Waals surface area contributed by atoms with Crippen LogP contribution in [0.2, 0.25) is 5.02 Å². The van der Waals surface area contributed by atoms with Crippen molar-refractivity contribution in [1.82, 2.24) is 0 Å². The normalized spacial score (nSPS) is 35.4. The van der Waals surface area contributed by atoms with Crippen LogP contribution in [0, 0.1) is 23.2 Å². The second kappa shape index (κ2) is 5.14. The van der Waals surface area contributed by atoms with Gasteiger partial charge >= 0.3 is 0 Å². The fourth-order valence-corrected chi connectivity index (χ4v) is 9.03. The van der Waals surface area contributed by atoms with E-state index in [-0.39, 0.29) is 0 Å². The maximum Gasteiger partial charge on any atom is 0.136 e. The van der Waals surface area contributed by atoms with Crippen LogP contribution < -0.4 is 0 Å². The lowest BCUT2D eigenvalue weighted by Crippen LogP contribution is -2.68. The monoisotopic (exact) mass is 410 g/mol. The van der Waals surface area contributed by atoms with Gasteiger partial charge in [0.2, 0.25) is 0 Å². The molecule has 8 rings (SSSR count). The fourth-order valence-electron chi connectivity index (χ4n) is 8.76. The van der Waals surface area contributed by atoms with Crippen molar-refractivity contribution in [2.75, 3.05) is 0 Å². The molecule has 4 fully saturated rings. The Balaban J connectivity index is 1.35. The number of furan rings is 1. The van der Waals surface area contributed by atoms with Crippen LogP contribution in [0.4, 0.5) is 0 Å². The summed E-state index contributed by atoms with van der Waals surface area (Å²) < 4.78 is 6.08. The molecule has 0 radical (unpaired) electrons.